The molecule has 2 aromatic rings. The third kappa shape index (κ3) is 2.62. The van der Waals surface area contributed by atoms with Crippen molar-refractivity contribution >= 4 is 22.5 Å². The van der Waals surface area contributed by atoms with Gasteiger partial charge in [0.25, 0.3) is 5.69 Å². The van der Waals surface area contributed by atoms with E-state index in [0.717, 1.165) is 16.2 Å². The van der Waals surface area contributed by atoms with Crippen molar-refractivity contribution in [3.8, 4) is 0 Å². The molecule has 0 aliphatic carbocycles. The molecule has 0 radical (unpaired) electrons. The second-order valence-electron chi connectivity index (χ2n) is 4.83. The summed E-state index contributed by atoms with van der Waals surface area (Å²) in [6.45, 7) is 2.01. The first-order chi connectivity index (χ1) is 10.1. The number of nitrogens with zero attached hydrogens (tertiary/aromatic N) is 2. The lowest BCUT2D eigenvalue weighted by Gasteiger charge is -2.23. The Labute approximate surface area is 126 Å². The fourth-order valence-corrected chi connectivity index (χ4v) is 3.20. The maximum Gasteiger partial charge on any atom is 0.269 e. The van der Waals surface area contributed by atoms with E-state index in [1.54, 1.807) is 23.9 Å². The molecule has 5 nitrogen and oxygen atoms in total. The van der Waals surface area contributed by atoms with Crippen LogP contribution in [-0.4, -0.2) is 9.97 Å². The Balaban J connectivity index is 1.83. The second kappa shape index (κ2) is 5.21. The first-order valence-electron chi connectivity index (χ1n) is 6.43. The van der Waals surface area contributed by atoms with Gasteiger partial charge in [-0.1, -0.05) is 42.1 Å². The summed E-state index contributed by atoms with van der Waals surface area (Å²) in [4.78, 5) is 9.90. The molecule has 1 aliphatic heterocycles. The normalized spacial score (nSPS) is 20.7. The zero-order valence-electron chi connectivity index (χ0n) is 11.3. The van der Waals surface area contributed by atoms with Crippen LogP contribution in [0.5, 0.6) is 0 Å². The Bertz CT molecular complexity index is 701. The summed E-state index contributed by atoms with van der Waals surface area (Å²) >= 11 is 1.60. The number of hydrogen-bond donors (Lipinski definition) is 1. The highest BCUT2D eigenvalue weighted by Crippen LogP contribution is 2.40. The van der Waals surface area contributed by atoms with Gasteiger partial charge < -0.3 is 0 Å². The monoisotopic (exact) mass is 299 g/mol. The summed E-state index contributed by atoms with van der Waals surface area (Å²) in [5.74, 6) is 0. The lowest BCUT2D eigenvalue weighted by molar-refractivity contribution is -0.384. The molecule has 3 rings (SSSR count). The van der Waals surface area contributed by atoms with Crippen LogP contribution in [0.1, 0.15) is 18.1 Å². The van der Waals surface area contributed by atoms with E-state index < -0.39 is 9.79 Å². The molecule has 0 saturated heterocycles. The molecule has 0 fully saturated rings. The average Bonchev–Trinajstić information content (AvgIpc) is 2.92. The summed E-state index contributed by atoms with van der Waals surface area (Å²) in [5, 5.41) is 16.0. The number of hydrazone groups is 1. The molecule has 0 bridgehead atoms. The molecular formula is C15H13N3O2S. The van der Waals surface area contributed by atoms with Crippen LogP contribution in [0.15, 0.2) is 59.7 Å². The number of thioether (sulfide) groups is 1. The van der Waals surface area contributed by atoms with Gasteiger partial charge in [0.05, 0.1) is 4.92 Å². The predicted molar refractivity (Wildman–Crippen MR) is 84.2 cm³/mol. The molecule has 6 heteroatoms. The van der Waals surface area contributed by atoms with Crippen molar-refractivity contribution in [1.29, 1.82) is 0 Å². The molecule has 0 amide bonds. The highest BCUT2D eigenvalue weighted by molar-refractivity contribution is 8.15. The van der Waals surface area contributed by atoms with Gasteiger partial charge in [0.15, 0.2) is 0 Å². The standard InChI is InChI=1S/C15H13N3O2S/c1-15(12-7-9-13(10-8-12)18(19)20)17-16-14(21-15)11-5-3-2-4-6-11/h2-10,17H,1H3. The number of nitro groups is 1. The Hall–Kier alpha value is -2.34. The molecule has 2 aromatic carbocycles. The predicted octanol–water partition coefficient (Wildman–Crippen LogP) is 3.47. The highest BCUT2D eigenvalue weighted by Gasteiger charge is 2.34. The van der Waals surface area contributed by atoms with Crippen molar-refractivity contribution in [2.24, 2.45) is 5.10 Å². The first-order valence-corrected chi connectivity index (χ1v) is 7.24. The first kappa shape index (κ1) is 13.6. The van der Waals surface area contributed by atoms with Gasteiger partial charge in [-0.25, -0.2) is 0 Å². The topological polar surface area (TPSA) is 67.5 Å². The van der Waals surface area contributed by atoms with Crippen molar-refractivity contribution in [3.63, 3.8) is 0 Å². The Kier molecular flexibility index (Phi) is 3.39. The molecule has 1 unspecified atom stereocenters. The van der Waals surface area contributed by atoms with Crippen LogP contribution in [0.25, 0.3) is 0 Å². The number of rotatable bonds is 3. The summed E-state index contributed by atoms with van der Waals surface area (Å²) < 4.78 is 0. The summed E-state index contributed by atoms with van der Waals surface area (Å²) in [6.07, 6.45) is 0. The van der Waals surface area contributed by atoms with Crippen molar-refractivity contribution < 1.29 is 4.92 Å². The van der Waals surface area contributed by atoms with Crippen molar-refractivity contribution in [2.75, 3.05) is 0 Å². The minimum absolute atomic E-state index is 0.0922. The third-order valence-electron chi connectivity index (χ3n) is 3.32. The number of non-ortho nitro benzene ring substituents is 1. The van der Waals surface area contributed by atoms with Crippen LogP contribution in [0.4, 0.5) is 5.69 Å². The SMILES string of the molecule is CC1(c2ccc([N+](=O)[O-])cc2)NN=C(c2ccccc2)S1. The number of hydrogen-bond acceptors (Lipinski definition) is 5. The average molecular weight is 299 g/mol. The Morgan fingerprint density at radius 3 is 2.43 bits per heavy atom. The minimum Gasteiger partial charge on any atom is -0.288 e. The molecule has 1 heterocycles. The van der Waals surface area contributed by atoms with Crippen LogP contribution in [0, 0.1) is 10.1 Å². The molecule has 21 heavy (non-hydrogen) atoms. The van der Waals surface area contributed by atoms with Gasteiger partial charge in [-0.2, -0.15) is 5.10 Å². The molecular weight excluding hydrogens is 286 g/mol. The molecule has 1 atom stereocenters. The van der Waals surface area contributed by atoms with Gasteiger partial charge in [-0.05, 0) is 24.6 Å². The maximum atomic E-state index is 10.7. The lowest BCUT2D eigenvalue weighted by atomic mass is 10.1. The fourth-order valence-electron chi connectivity index (χ4n) is 2.13. The zero-order chi connectivity index (χ0) is 14.9. The summed E-state index contributed by atoms with van der Waals surface area (Å²) in [5.41, 5.74) is 5.23. The fraction of sp³-hybridized carbons (Fsp3) is 0.133. The van der Waals surface area contributed by atoms with Gasteiger partial charge in [0.1, 0.15) is 9.91 Å². The van der Waals surface area contributed by atoms with E-state index in [1.807, 2.05) is 37.3 Å². The smallest absolute Gasteiger partial charge is 0.269 e. The third-order valence-corrected chi connectivity index (χ3v) is 4.58. The Morgan fingerprint density at radius 2 is 1.81 bits per heavy atom. The van der Waals surface area contributed by atoms with Crippen LogP contribution >= 0.6 is 11.8 Å². The van der Waals surface area contributed by atoms with E-state index in [9.17, 15) is 10.1 Å². The van der Waals surface area contributed by atoms with Crippen molar-refractivity contribution in [2.45, 2.75) is 11.8 Å². The van der Waals surface area contributed by atoms with Crippen LogP contribution in [-0.2, 0) is 4.87 Å². The van der Waals surface area contributed by atoms with Gasteiger partial charge in [0.2, 0.25) is 0 Å². The molecule has 0 spiro atoms. The van der Waals surface area contributed by atoms with Gasteiger partial charge >= 0.3 is 0 Å². The van der Waals surface area contributed by atoms with Crippen molar-refractivity contribution in [1.82, 2.24) is 5.43 Å². The lowest BCUT2D eigenvalue weighted by Crippen LogP contribution is -2.28. The minimum atomic E-state index is -0.416. The van der Waals surface area contributed by atoms with E-state index in [4.69, 9.17) is 0 Å². The van der Waals surface area contributed by atoms with E-state index in [-0.39, 0.29) is 5.69 Å². The number of benzene rings is 2. The summed E-state index contributed by atoms with van der Waals surface area (Å²) in [7, 11) is 0. The van der Waals surface area contributed by atoms with Gasteiger partial charge in [-0.3, -0.25) is 15.5 Å². The summed E-state index contributed by atoms with van der Waals surface area (Å²) in [6, 6.07) is 16.5. The molecule has 0 saturated carbocycles. The zero-order valence-corrected chi connectivity index (χ0v) is 12.1. The molecule has 1 N–H and O–H groups in total. The van der Waals surface area contributed by atoms with Crippen molar-refractivity contribution in [3.05, 3.63) is 75.8 Å². The van der Waals surface area contributed by atoms with Crippen LogP contribution in [0.2, 0.25) is 0 Å². The largest absolute Gasteiger partial charge is 0.288 e. The molecule has 1 aliphatic rings. The Morgan fingerprint density at radius 1 is 1.14 bits per heavy atom. The van der Waals surface area contributed by atoms with E-state index in [1.165, 1.54) is 12.1 Å². The number of nitro benzene ring substituents is 1. The van der Waals surface area contributed by atoms with Gasteiger partial charge in [-0.15, -0.1) is 0 Å². The van der Waals surface area contributed by atoms with E-state index in [2.05, 4.69) is 10.5 Å². The van der Waals surface area contributed by atoms with Crippen LogP contribution in [0.3, 0.4) is 0 Å². The van der Waals surface area contributed by atoms with Gasteiger partial charge in [0, 0.05) is 17.7 Å². The highest BCUT2D eigenvalue weighted by atomic mass is 32.2. The number of nitrogens with one attached hydrogen (secondary N) is 1. The quantitative estimate of drug-likeness (QED) is 0.696. The molecule has 106 valence electrons. The maximum absolute atomic E-state index is 10.7. The van der Waals surface area contributed by atoms with E-state index >= 15 is 0 Å². The second-order valence-corrected chi connectivity index (χ2v) is 6.24. The van der Waals surface area contributed by atoms with E-state index in [0.29, 0.717) is 0 Å². The molecule has 0 aromatic heterocycles. The van der Waals surface area contributed by atoms with Crippen LogP contribution < -0.4 is 5.43 Å².